The van der Waals surface area contributed by atoms with Crippen LogP contribution in [0, 0.1) is 27.7 Å². The van der Waals surface area contributed by atoms with Crippen molar-refractivity contribution < 1.29 is 0 Å². The number of nitrogens with zero attached hydrogens (tertiary/aromatic N) is 2. The normalized spacial score (nSPS) is 12.2. The van der Waals surface area contributed by atoms with Crippen LogP contribution in [0.1, 0.15) is 35.1 Å². The fourth-order valence-corrected chi connectivity index (χ4v) is 8.27. The summed E-state index contributed by atoms with van der Waals surface area (Å²) in [7, 11) is -2.91. The molecule has 2 nitrogen and oxygen atoms in total. The van der Waals surface area contributed by atoms with E-state index in [4.69, 9.17) is 0 Å². The van der Waals surface area contributed by atoms with Gasteiger partial charge in [-0.05, 0) is 62.8 Å². The summed E-state index contributed by atoms with van der Waals surface area (Å²) in [5.41, 5.74) is 8.61. The van der Waals surface area contributed by atoms with Crippen molar-refractivity contribution in [2.75, 3.05) is 22.2 Å². The van der Waals surface area contributed by atoms with Crippen LogP contribution in [0.5, 0.6) is 0 Å². The van der Waals surface area contributed by atoms with Crippen molar-refractivity contribution in [1.29, 1.82) is 0 Å². The van der Waals surface area contributed by atoms with Crippen molar-refractivity contribution in [2.24, 2.45) is 0 Å². The van der Waals surface area contributed by atoms with Crippen LogP contribution in [0.15, 0.2) is 36.4 Å². The van der Waals surface area contributed by atoms with Crippen LogP contribution < -0.4 is 9.13 Å². The number of para-hydroxylation sites is 2. The molecule has 0 N–H and O–H groups in total. The lowest BCUT2D eigenvalue weighted by Gasteiger charge is -2.40. The molecule has 0 aliphatic rings. The Bertz CT molecular complexity index is 735. The van der Waals surface area contributed by atoms with E-state index in [1.54, 1.807) is 0 Å². The lowest BCUT2D eigenvalue weighted by molar-refractivity contribution is 0.739. The molecule has 0 radical (unpaired) electrons. The first-order chi connectivity index (χ1) is 13.8. The van der Waals surface area contributed by atoms with Crippen LogP contribution in [0.2, 0.25) is 39.3 Å². The van der Waals surface area contributed by atoms with E-state index in [0.29, 0.717) is 0 Å². The van der Waals surface area contributed by atoms with Crippen LogP contribution in [-0.2, 0) is 0 Å². The van der Waals surface area contributed by atoms with Crippen LogP contribution in [-0.4, -0.2) is 29.6 Å². The van der Waals surface area contributed by atoms with Crippen LogP contribution >= 0.6 is 0 Å². The van der Waals surface area contributed by atoms with E-state index in [-0.39, 0.29) is 0 Å². The topological polar surface area (TPSA) is 6.48 Å². The molecule has 0 saturated carbocycles. The van der Waals surface area contributed by atoms with Gasteiger partial charge in [0.15, 0.2) is 0 Å². The van der Waals surface area contributed by atoms with E-state index in [1.165, 1.54) is 46.5 Å². The molecule has 0 amide bonds. The first-order valence-corrected chi connectivity index (χ1v) is 18.4. The van der Waals surface area contributed by atoms with Crippen LogP contribution in [0.3, 0.4) is 0 Å². The second-order valence-electron chi connectivity index (χ2n) is 10.8. The molecule has 0 heterocycles. The van der Waals surface area contributed by atoms with E-state index in [1.807, 2.05) is 0 Å². The van der Waals surface area contributed by atoms with Crippen molar-refractivity contribution in [3.05, 3.63) is 58.7 Å². The minimum Gasteiger partial charge on any atom is -0.398 e. The first-order valence-electron chi connectivity index (χ1n) is 11.5. The quantitative estimate of drug-likeness (QED) is 0.291. The molecule has 0 fully saturated rings. The minimum absolute atomic E-state index is 1.16. The van der Waals surface area contributed by atoms with Gasteiger partial charge in [0, 0.05) is 24.5 Å². The maximum atomic E-state index is 2.76. The molecule has 2 aromatic rings. The van der Waals surface area contributed by atoms with E-state index >= 15 is 0 Å². The number of rotatable bonds is 9. The zero-order chi connectivity index (χ0) is 22.7. The molecule has 166 valence electrons. The van der Waals surface area contributed by atoms with Gasteiger partial charge < -0.3 is 9.13 Å². The van der Waals surface area contributed by atoms with Crippen molar-refractivity contribution in [3.8, 4) is 0 Å². The highest BCUT2D eigenvalue weighted by Gasteiger charge is 2.28. The van der Waals surface area contributed by atoms with Gasteiger partial charge in [-0.2, -0.15) is 0 Å². The van der Waals surface area contributed by atoms with Gasteiger partial charge in [-0.25, -0.2) is 0 Å². The zero-order valence-corrected chi connectivity index (χ0v) is 23.2. The molecule has 30 heavy (non-hydrogen) atoms. The van der Waals surface area contributed by atoms with Crippen molar-refractivity contribution in [3.63, 3.8) is 0 Å². The summed E-state index contributed by atoms with van der Waals surface area (Å²) in [6.45, 7) is 26.2. The fourth-order valence-electron chi connectivity index (χ4n) is 4.57. The summed E-state index contributed by atoms with van der Waals surface area (Å²) in [4.78, 5) is 0. The van der Waals surface area contributed by atoms with E-state index < -0.39 is 16.5 Å². The molecule has 0 aliphatic heterocycles. The molecule has 0 atom stereocenters. The molecule has 4 heteroatoms. The van der Waals surface area contributed by atoms with Gasteiger partial charge in [0.25, 0.3) is 0 Å². The smallest absolute Gasteiger partial charge is 0.147 e. The van der Waals surface area contributed by atoms with Crippen LogP contribution in [0.4, 0.5) is 11.4 Å². The third-order valence-electron chi connectivity index (χ3n) is 6.05. The number of benzene rings is 2. The summed E-state index contributed by atoms with van der Waals surface area (Å²) >= 11 is 0. The number of hydrogen-bond donors (Lipinski definition) is 0. The second kappa shape index (κ2) is 9.74. The fraction of sp³-hybridized carbons (Fsp3) is 0.538. The summed E-state index contributed by atoms with van der Waals surface area (Å²) in [6, 6.07) is 13.4. The minimum atomic E-state index is -1.46. The summed E-state index contributed by atoms with van der Waals surface area (Å²) < 4.78 is 5.52. The third-order valence-corrected chi connectivity index (χ3v) is 10.2. The van der Waals surface area contributed by atoms with Crippen molar-refractivity contribution in [2.45, 2.75) is 79.8 Å². The number of aryl methyl sites for hydroxylation is 4. The molecule has 0 bridgehead atoms. The van der Waals surface area contributed by atoms with Gasteiger partial charge in [-0.15, -0.1) is 0 Å². The Hall–Kier alpha value is -1.53. The summed E-state index contributed by atoms with van der Waals surface area (Å²) in [5.74, 6) is 0. The number of hydrogen-bond acceptors (Lipinski definition) is 2. The molecule has 2 rings (SSSR count). The molecular formula is C26H44N2Si2. The summed E-state index contributed by atoms with van der Waals surface area (Å²) in [6.07, 6.45) is 2.48. The van der Waals surface area contributed by atoms with E-state index in [9.17, 15) is 0 Å². The maximum absolute atomic E-state index is 2.76. The monoisotopic (exact) mass is 440 g/mol. The molecular weight excluding hydrogens is 396 g/mol. The highest BCUT2D eigenvalue weighted by molar-refractivity contribution is 6.80. The molecule has 2 aromatic carbocycles. The maximum Gasteiger partial charge on any atom is 0.147 e. The largest absolute Gasteiger partial charge is 0.398 e. The van der Waals surface area contributed by atoms with Gasteiger partial charge in [0.1, 0.15) is 16.5 Å². The molecule has 0 aromatic heterocycles. The molecule has 0 unspecified atom stereocenters. The van der Waals surface area contributed by atoms with Crippen molar-refractivity contribution >= 4 is 27.8 Å². The average molecular weight is 441 g/mol. The van der Waals surface area contributed by atoms with Crippen LogP contribution in [0.25, 0.3) is 0 Å². The third kappa shape index (κ3) is 6.01. The van der Waals surface area contributed by atoms with Crippen molar-refractivity contribution in [1.82, 2.24) is 0 Å². The van der Waals surface area contributed by atoms with Gasteiger partial charge in [0.2, 0.25) is 0 Å². The standard InChI is InChI=1S/C26H44N2Si2/c1-21-15-13-16-22(2)25(21)27(29(5,6)7)19-11-12-20-28(30(8,9)10)26-23(3)17-14-18-24(26)4/h13-18H,11-12,19-20H2,1-10H3. The van der Waals surface area contributed by atoms with E-state index in [0.717, 1.165) is 13.1 Å². The lowest BCUT2D eigenvalue weighted by atomic mass is 10.1. The average Bonchev–Trinajstić information content (AvgIpc) is 2.59. The predicted octanol–water partition coefficient (Wildman–Crippen LogP) is 7.68. The molecule has 0 spiro atoms. The van der Waals surface area contributed by atoms with Gasteiger partial charge in [-0.1, -0.05) is 75.7 Å². The molecule has 0 saturated heterocycles. The predicted molar refractivity (Wildman–Crippen MR) is 142 cm³/mol. The summed E-state index contributed by atoms with van der Waals surface area (Å²) in [5, 5.41) is 0. The highest BCUT2D eigenvalue weighted by Crippen LogP contribution is 2.31. The van der Waals surface area contributed by atoms with Gasteiger partial charge >= 0.3 is 0 Å². The van der Waals surface area contributed by atoms with Gasteiger partial charge in [0.05, 0.1) is 0 Å². The second-order valence-corrected chi connectivity index (χ2v) is 20.6. The number of unbranched alkanes of at least 4 members (excludes halogenated alkanes) is 1. The molecule has 0 aliphatic carbocycles. The highest BCUT2D eigenvalue weighted by atomic mass is 28.3. The Balaban J connectivity index is 2.16. The lowest BCUT2D eigenvalue weighted by Crippen LogP contribution is -2.49. The SMILES string of the molecule is Cc1cccc(C)c1N(CCCCN(c1c(C)cccc1C)[Si](C)(C)C)[Si](C)(C)C. The van der Waals surface area contributed by atoms with E-state index in [2.05, 4.69) is 113 Å². The zero-order valence-electron chi connectivity index (χ0n) is 21.2. The Kier molecular flexibility index (Phi) is 8.03. The Morgan fingerprint density at radius 2 is 0.800 bits per heavy atom. The number of anilines is 2. The Labute approximate surface area is 188 Å². The Morgan fingerprint density at radius 1 is 0.533 bits per heavy atom. The Morgan fingerprint density at radius 3 is 1.03 bits per heavy atom. The first kappa shape index (κ1) is 24.7. The van der Waals surface area contributed by atoms with Gasteiger partial charge in [-0.3, -0.25) is 0 Å².